The van der Waals surface area contributed by atoms with Crippen molar-refractivity contribution in [3.8, 4) is 0 Å². The van der Waals surface area contributed by atoms with Gasteiger partial charge in [-0.05, 0) is 31.0 Å². The van der Waals surface area contributed by atoms with E-state index >= 15 is 0 Å². The number of rotatable bonds is 3. The van der Waals surface area contributed by atoms with E-state index in [4.69, 9.17) is 0 Å². The summed E-state index contributed by atoms with van der Waals surface area (Å²) in [7, 11) is 0. The number of fused-ring (bicyclic) bond motifs is 1. The molecule has 1 aliphatic carbocycles. The molecule has 1 fully saturated rings. The standard InChI is InChI=1S/C13H12N2O3/c16-11(13(12(17)18)4-1-5-13)8-2-3-9-10(6-8)15-7-14-9/h2-3,6-7H,1,4-5H2,(H,14,15)(H,17,18). The van der Waals surface area contributed by atoms with Gasteiger partial charge in [0.15, 0.2) is 5.78 Å². The minimum atomic E-state index is -1.20. The van der Waals surface area contributed by atoms with Crippen molar-refractivity contribution in [2.45, 2.75) is 19.3 Å². The summed E-state index contributed by atoms with van der Waals surface area (Å²) in [6.45, 7) is 0. The van der Waals surface area contributed by atoms with Gasteiger partial charge in [-0.25, -0.2) is 4.98 Å². The first kappa shape index (κ1) is 11.0. The van der Waals surface area contributed by atoms with Crippen LogP contribution in [0.1, 0.15) is 29.6 Å². The number of Topliss-reactive ketones (excluding diaryl/α,β-unsaturated/α-hetero) is 1. The van der Waals surface area contributed by atoms with Gasteiger partial charge >= 0.3 is 5.97 Å². The summed E-state index contributed by atoms with van der Waals surface area (Å²) in [4.78, 5) is 30.6. The molecule has 92 valence electrons. The third-order valence-electron chi connectivity index (χ3n) is 3.73. The van der Waals surface area contributed by atoms with Gasteiger partial charge < -0.3 is 10.1 Å². The van der Waals surface area contributed by atoms with E-state index in [1.165, 1.54) is 0 Å². The fraction of sp³-hybridized carbons (Fsp3) is 0.308. The number of carbonyl (C=O) groups is 2. The van der Waals surface area contributed by atoms with E-state index in [9.17, 15) is 14.7 Å². The van der Waals surface area contributed by atoms with E-state index in [0.717, 1.165) is 17.5 Å². The van der Waals surface area contributed by atoms with Crippen molar-refractivity contribution in [2.75, 3.05) is 0 Å². The number of carboxylic acid groups (broad SMARTS) is 1. The van der Waals surface area contributed by atoms with Crippen molar-refractivity contribution in [1.29, 1.82) is 0 Å². The molecule has 0 amide bonds. The summed E-state index contributed by atoms with van der Waals surface area (Å²) >= 11 is 0. The first-order valence-corrected chi connectivity index (χ1v) is 5.85. The van der Waals surface area contributed by atoms with E-state index in [0.29, 0.717) is 18.4 Å². The van der Waals surface area contributed by atoms with Crippen LogP contribution in [-0.2, 0) is 4.79 Å². The minimum Gasteiger partial charge on any atom is -0.480 e. The SMILES string of the molecule is O=C(O)C1(C(=O)c2ccc3nc[nH]c3c2)CCC1. The van der Waals surface area contributed by atoms with Crippen LogP contribution >= 0.6 is 0 Å². The van der Waals surface area contributed by atoms with Crippen LogP contribution in [0.25, 0.3) is 11.0 Å². The van der Waals surface area contributed by atoms with Gasteiger partial charge in [-0.3, -0.25) is 9.59 Å². The van der Waals surface area contributed by atoms with Crippen molar-refractivity contribution in [1.82, 2.24) is 9.97 Å². The Balaban J connectivity index is 2.03. The van der Waals surface area contributed by atoms with Crippen LogP contribution in [0.2, 0.25) is 0 Å². The highest BCUT2D eigenvalue weighted by molar-refractivity contribution is 6.13. The molecule has 0 unspecified atom stereocenters. The van der Waals surface area contributed by atoms with Crippen molar-refractivity contribution in [3.63, 3.8) is 0 Å². The molecule has 1 heterocycles. The van der Waals surface area contributed by atoms with Crippen LogP contribution in [0.4, 0.5) is 0 Å². The number of hydrogen-bond donors (Lipinski definition) is 2. The van der Waals surface area contributed by atoms with E-state index in [2.05, 4.69) is 9.97 Å². The molecule has 2 aromatic rings. The third kappa shape index (κ3) is 1.37. The second-order valence-corrected chi connectivity index (χ2v) is 4.70. The number of hydrogen-bond acceptors (Lipinski definition) is 3. The molecule has 0 saturated heterocycles. The zero-order chi connectivity index (χ0) is 12.8. The highest BCUT2D eigenvalue weighted by Gasteiger charge is 2.51. The molecule has 5 heteroatoms. The Morgan fingerprint density at radius 2 is 2.11 bits per heavy atom. The molecule has 1 aromatic heterocycles. The maximum atomic E-state index is 12.3. The number of aliphatic carboxylic acids is 1. The highest BCUT2D eigenvalue weighted by Crippen LogP contribution is 2.44. The molecule has 18 heavy (non-hydrogen) atoms. The van der Waals surface area contributed by atoms with E-state index in [1.54, 1.807) is 24.5 Å². The fourth-order valence-electron chi connectivity index (χ4n) is 2.42. The number of ketones is 1. The second kappa shape index (κ2) is 3.66. The van der Waals surface area contributed by atoms with Gasteiger partial charge in [-0.2, -0.15) is 0 Å². The third-order valence-corrected chi connectivity index (χ3v) is 3.73. The van der Waals surface area contributed by atoms with Crippen LogP contribution in [0.5, 0.6) is 0 Å². The number of imidazole rings is 1. The number of carbonyl (C=O) groups excluding carboxylic acids is 1. The lowest BCUT2D eigenvalue weighted by Gasteiger charge is -2.35. The van der Waals surface area contributed by atoms with Crippen LogP contribution < -0.4 is 0 Å². The smallest absolute Gasteiger partial charge is 0.317 e. The Kier molecular flexibility index (Phi) is 2.23. The first-order valence-electron chi connectivity index (χ1n) is 5.85. The average Bonchev–Trinajstić information content (AvgIpc) is 2.73. The quantitative estimate of drug-likeness (QED) is 0.639. The fourth-order valence-corrected chi connectivity index (χ4v) is 2.42. The molecule has 3 rings (SSSR count). The molecule has 1 aliphatic rings. The lowest BCUT2D eigenvalue weighted by Crippen LogP contribution is -2.45. The van der Waals surface area contributed by atoms with Crippen LogP contribution in [0.3, 0.4) is 0 Å². The Labute approximate surface area is 103 Å². The van der Waals surface area contributed by atoms with E-state index < -0.39 is 11.4 Å². The maximum Gasteiger partial charge on any atom is 0.317 e. The van der Waals surface area contributed by atoms with Gasteiger partial charge in [0.2, 0.25) is 0 Å². The zero-order valence-electron chi connectivity index (χ0n) is 9.64. The monoisotopic (exact) mass is 244 g/mol. The van der Waals surface area contributed by atoms with Crippen molar-refractivity contribution in [3.05, 3.63) is 30.1 Å². The summed E-state index contributed by atoms with van der Waals surface area (Å²) in [5, 5.41) is 9.25. The summed E-state index contributed by atoms with van der Waals surface area (Å²) in [6, 6.07) is 5.05. The number of benzene rings is 1. The first-order chi connectivity index (χ1) is 8.63. The van der Waals surface area contributed by atoms with Gasteiger partial charge in [0.1, 0.15) is 5.41 Å². The minimum absolute atomic E-state index is 0.294. The molecule has 1 aromatic carbocycles. The largest absolute Gasteiger partial charge is 0.480 e. The molecular formula is C13H12N2O3. The molecular weight excluding hydrogens is 232 g/mol. The van der Waals surface area contributed by atoms with Gasteiger partial charge in [0.05, 0.1) is 17.4 Å². The second-order valence-electron chi connectivity index (χ2n) is 4.70. The van der Waals surface area contributed by atoms with Gasteiger partial charge in [0, 0.05) is 5.56 Å². The van der Waals surface area contributed by atoms with Crippen LogP contribution in [0.15, 0.2) is 24.5 Å². The topological polar surface area (TPSA) is 83.0 Å². The molecule has 1 saturated carbocycles. The number of aromatic amines is 1. The lowest BCUT2D eigenvalue weighted by atomic mass is 9.64. The van der Waals surface area contributed by atoms with Gasteiger partial charge in [0.25, 0.3) is 0 Å². The normalized spacial score (nSPS) is 17.3. The van der Waals surface area contributed by atoms with Gasteiger partial charge in [-0.15, -0.1) is 0 Å². The Morgan fingerprint density at radius 3 is 2.72 bits per heavy atom. The van der Waals surface area contributed by atoms with Crippen LogP contribution in [0, 0.1) is 5.41 Å². The predicted octanol–water partition coefficient (Wildman–Crippen LogP) is 2.00. The maximum absolute atomic E-state index is 12.3. The molecule has 0 bridgehead atoms. The lowest BCUT2D eigenvalue weighted by molar-refractivity contribution is -0.150. The molecule has 0 spiro atoms. The summed E-state index contributed by atoms with van der Waals surface area (Å²) in [6.07, 6.45) is 3.21. The highest BCUT2D eigenvalue weighted by atomic mass is 16.4. The predicted molar refractivity (Wildman–Crippen MR) is 64.3 cm³/mol. The van der Waals surface area contributed by atoms with E-state index in [1.807, 2.05) is 0 Å². The molecule has 5 nitrogen and oxygen atoms in total. The number of H-pyrrole nitrogens is 1. The Hall–Kier alpha value is -2.17. The van der Waals surface area contributed by atoms with Crippen molar-refractivity contribution >= 4 is 22.8 Å². The molecule has 2 N–H and O–H groups in total. The Bertz CT molecular complexity index is 640. The van der Waals surface area contributed by atoms with Crippen molar-refractivity contribution in [2.24, 2.45) is 5.41 Å². The average molecular weight is 244 g/mol. The summed E-state index contributed by atoms with van der Waals surface area (Å²) in [5.74, 6) is -1.30. The number of nitrogens with one attached hydrogen (secondary N) is 1. The summed E-state index contributed by atoms with van der Waals surface area (Å²) < 4.78 is 0. The van der Waals surface area contributed by atoms with Gasteiger partial charge in [-0.1, -0.05) is 6.42 Å². The number of aromatic nitrogens is 2. The Morgan fingerprint density at radius 1 is 1.33 bits per heavy atom. The number of carboxylic acids is 1. The molecule has 0 aliphatic heterocycles. The molecule has 0 atom stereocenters. The van der Waals surface area contributed by atoms with E-state index in [-0.39, 0.29) is 5.78 Å². The van der Waals surface area contributed by atoms with Crippen molar-refractivity contribution < 1.29 is 14.7 Å². The molecule has 0 radical (unpaired) electrons. The number of nitrogens with zero attached hydrogens (tertiary/aromatic N) is 1. The van der Waals surface area contributed by atoms with Crippen LogP contribution in [-0.4, -0.2) is 26.8 Å². The zero-order valence-corrected chi connectivity index (χ0v) is 9.64. The summed E-state index contributed by atoms with van der Waals surface area (Å²) in [5.41, 5.74) is 0.757.